The van der Waals surface area contributed by atoms with E-state index in [9.17, 15) is 8.42 Å². The molecular formula is C14H21BrN2O2S. The lowest BCUT2D eigenvalue weighted by Gasteiger charge is -2.32. The first-order valence-electron chi connectivity index (χ1n) is 6.87. The maximum Gasteiger partial charge on any atom is 0.301 e. The molecule has 1 aliphatic rings. The number of nitrogens with one attached hydrogen (secondary N) is 1. The highest BCUT2D eigenvalue weighted by atomic mass is 79.9. The van der Waals surface area contributed by atoms with E-state index in [0.717, 1.165) is 34.9 Å². The summed E-state index contributed by atoms with van der Waals surface area (Å²) < 4.78 is 30.2. The van der Waals surface area contributed by atoms with Crippen LogP contribution in [0.25, 0.3) is 0 Å². The van der Waals surface area contributed by atoms with Crippen molar-refractivity contribution in [2.45, 2.75) is 46.1 Å². The SMILES string of the molecule is Cc1cc(C)c(NS(=O)(=O)N2CCCCC2C)c(Br)c1. The topological polar surface area (TPSA) is 49.4 Å². The highest BCUT2D eigenvalue weighted by Crippen LogP contribution is 2.30. The van der Waals surface area contributed by atoms with Gasteiger partial charge in [0.05, 0.1) is 5.69 Å². The Labute approximate surface area is 129 Å². The van der Waals surface area contributed by atoms with Gasteiger partial charge in [-0.05, 0) is 66.7 Å². The van der Waals surface area contributed by atoms with Crippen LogP contribution in [0.2, 0.25) is 0 Å². The molecule has 1 N–H and O–H groups in total. The summed E-state index contributed by atoms with van der Waals surface area (Å²) in [4.78, 5) is 0. The highest BCUT2D eigenvalue weighted by Gasteiger charge is 2.30. The summed E-state index contributed by atoms with van der Waals surface area (Å²) in [6.45, 7) is 6.46. The Morgan fingerprint density at radius 1 is 1.30 bits per heavy atom. The smallest absolute Gasteiger partial charge is 0.269 e. The average Bonchev–Trinajstić information content (AvgIpc) is 2.34. The van der Waals surface area contributed by atoms with Crippen LogP contribution in [0, 0.1) is 13.8 Å². The molecule has 0 amide bonds. The van der Waals surface area contributed by atoms with Gasteiger partial charge in [0, 0.05) is 17.1 Å². The van der Waals surface area contributed by atoms with Crippen molar-refractivity contribution >= 4 is 31.8 Å². The van der Waals surface area contributed by atoms with Gasteiger partial charge in [-0.1, -0.05) is 12.5 Å². The van der Waals surface area contributed by atoms with Gasteiger partial charge in [0.15, 0.2) is 0 Å². The maximum absolute atomic E-state index is 12.5. The van der Waals surface area contributed by atoms with Gasteiger partial charge in [0.1, 0.15) is 0 Å². The van der Waals surface area contributed by atoms with E-state index in [4.69, 9.17) is 0 Å². The van der Waals surface area contributed by atoms with Crippen LogP contribution in [-0.4, -0.2) is 25.3 Å². The summed E-state index contributed by atoms with van der Waals surface area (Å²) in [6, 6.07) is 3.96. The Bertz CT molecular complexity index is 578. The molecular weight excluding hydrogens is 340 g/mol. The molecule has 1 fully saturated rings. The van der Waals surface area contributed by atoms with Crippen LogP contribution < -0.4 is 4.72 Å². The number of aryl methyl sites for hydroxylation is 2. The van der Waals surface area contributed by atoms with Crippen LogP contribution in [0.1, 0.15) is 37.3 Å². The van der Waals surface area contributed by atoms with Crippen LogP contribution in [0.4, 0.5) is 5.69 Å². The van der Waals surface area contributed by atoms with Crippen molar-refractivity contribution in [2.75, 3.05) is 11.3 Å². The number of hydrogen-bond donors (Lipinski definition) is 1. The Hall–Kier alpha value is -0.590. The van der Waals surface area contributed by atoms with E-state index in [2.05, 4.69) is 20.7 Å². The summed E-state index contributed by atoms with van der Waals surface area (Å²) >= 11 is 3.44. The van der Waals surface area contributed by atoms with E-state index in [1.54, 1.807) is 4.31 Å². The van der Waals surface area contributed by atoms with Crippen molar-refractivity contribution in [1.82, 2.24) is 4.31 Å². The highest BCUT2D eigenvalue weighted by molar-refractivity contribution is 9.10. The van der Waals surface area contributed by atoms with Crippen LogP contribution in [0.3, 0.4) is 0 Å². The minimum Gasteiger partial charge on any atom is -0.269 e. The van der Waals surface area contributed by atoms with E-state index in [-0.39, 0.29) is 6.04 Å². The average molecular weight is 361 g/mol. The Morgan fingerprint density at radius 3 is 2.60 bits per heavy atom. The van der Waals surface area contributed by atoms with Crippen LogP contribution in [0.15, 0.2) is 16.6 Å². The number of halogens is 1. The third-order valence-corrected chi connectivity index (χ3v) is 5.96. The molecule has 2 rings (SSSR count). The number of nitrogens with zero attached hydrogens (tertiary/aromatic N) is 1. The minimum absolute atomic E-state index is 0.0609. The number of rotatable bonds is 3. The normalized spacial score (nSPS) is 20.9. The molecule has 4 nitrogen and oxygen atoms in total. The third kappa shape index (κ3) is 3.35. The molecule has 0 spiro atoms. The molecule has 0 aliphatic carbocycles. The van der Waals surface area contributed by atoms with Crippen molar-refractivity contribution in [3.05, 3.63) is 27.7 Å². The second-order valence-corrected chi connectivity index (χ2v) is 7.98. The van der Waals surface area contributed by atoms with Crippen molar-refractivity contribution in [3.63, 3.8) is 0 Å². The van der Waals surface area contributed by atoms with Gasteiger partial charge in [0.25, 0.3) is 0 Å². The zero-order valence-electron chi connectivity index (χ0n) is 12.1. The Balaban J connectivity index is 2.29. The maximum atomic E-state index is 12.5. The van der Waals surface area contributed by atoms with Gasteiger partial charge >= 0.3 is 10.2 Å². The molecule has 0 bridgehead atoms. The summed E-state index contributed by atoms with van der Waals surface area (Å²) in [7, 11) is -3.49. The van der Waals surface area contributed by atoms with Crippen molar-refractivity contribution < 1.29 is 8.42 Å². The summed E-state index contributed by atoms with van der Waals surface area (Å²) in [6.07, 6.45) is 2.95. The van der Waals surface area contributed by atoms with Crippen LogP contribution in [0.5, 0.6) is 0 Å². The predicted molar refractivity (Wildman–Crippen MR) is 86.2 cm³/mol. The predicted octanol–water partition coefficient (Wildman–Crippen LogP) is 3.60. The van der Waals surface area contributed by atoms with Crippen molar-refractivity contribution in [3.8, 4) is 0 Å². The quantitative estimate of drug-likeness (QED) is 0.894. The molecule has 6 heteroatoms. The Morgan fingerprint density at radius 2 is 2.00 bits per heavy atom. The van der Waals surface area contributed by atoms with Crippen LogP contribution in [-0.2, 0) is 10.2 Å². The largest absolute Gasteiger partial charge is 0.301 e. The molecule has 1 heterocycles. The molecule has 0 aromatic heterocycles. The number of benzene rings is 1. The monoisotopic (exact) mass is 360 g/mol. The summed E-state index contributed by atoms with van der Waals surface area (Å²) in [5.41, 5.74) is 2.65. The van der Waals surface area contributed by atoms with Gasteiger partial charge < -0.3 is 0 Å². The molecule has 1 saturated heterocycles. The molecule has 1 aromatic carbocycles. The molecule has 1 unspecified atom stereocenters. The molecule has 1 aliphatic heterocycles. The van der Waals surface area contributed by atoms with E-state index < -0.39 is 10.2 Å². The van der Waals surface area contributed by atoms with E-state index in [1.165, 1.54) is 0 Å². The van der Waals surface area contributed by atoms with Gasteiger partial charge in [0.2, 0.25) is 0 Å². The second kappa shape index (κ2) is 6.03. The van der Waals surface area contributed by atoms with Gasteiger partial charge in [-0.3, -0.25) is 4.72 Å². The molecule has 1 aromatic rings. The first-order chi connectivity index (χ1) is 9.31. The molecule has 112 valence electrons. The zero-order valence-corrected chi connectivity index (χ0v) is 14.5. The molecule has 1 atom stereocenters. The van der Waals surface area contributed by atoms with Gasteiger partial charge in [-0.2, -0.15) is 12.7 Å². The standard InChI is InChI=1S/C14H21BrN2O2S/c1-10-8-11(2)14(13(15)9-10)16-20(18,19)17-7-5-4-6-12(17)3/h8-9,12,16H,4-7H2,1-3H3. The fourth-order valence-electron chi connectivity index (χ4n) is 2.66. The van der Waals surface area contributed by atoms with E-state index >= 15 is 0 Å². The fraction of sp³-hybridized carbons (Fsp3) is 0.571. The number of hydrogen-bond acceptors (Lipinski definition) is 2. The minimum atomic E-state index is -3.49. The van der Waals surface area contributed by atoms with E-state index in [1.807, 2.05) is 32.9 Å². The lowest BCUT2D eigenvalue weighted by molar-refractivity contribution is 0.270. The summed E-state index contributed by atoms with van der Waals surface area (Å²) in [5.74, 6) is 0. The molecule has 0 saturated carbocycles. The van der Waals surface area contributed by atoms with Crippen molar-refractivity contribution in [2.24, 2.45) is 0 Å². The number of piperidine rings is 1. The lowest BCUT2D eigenvalue weighted by atomic mass is 10.1. The van der Waals surface area contributed by atoms with Crippen molar-refractivity contribution in [1.29, 1.82) is 0 Å². The van der Waals surface area contributed by atoms with Crippen LogP contribution >= 0.6 is 15.9 Å². The second-order valence-electron chi connectivity index (χ2n) is 5.50. The third-order valence-electron chi connectivity index (χ3n) is 3.71. The molecule has 20 heavy (non-hydrogen) atoms. The van der Waals surface area contributed by atoms with Gasteiger partial charge in [-0.15, -0.1) is 0 Å². The van der Waals surface area contributed by atoms with Gasteiger partial charge in [-0.25, -0.2) is 0 Å². The first-order valence-corrected chi connectivity index (χ1v) is 9.11. The Kier molecular flexibility index (Phi) is 4.76. The fourth-order valence-corrected chi connectivity index (χ4v) is 5.16. The zero-order chi connectivity index (χ0) is 14.9. The first kappa shape index (κ1) is 15.8. The summed E-state index contributed by atoms with van der Waals surface area (Å²) in [5, 5.41) is 0. The van der Waals surface area contributed by atoms with E-state index in [0.29, 0.717) is 12.2 Å². The lowest BCUT2D eigenvalue weighted by Crippen LogP contribution is -2.44. The molecule has 0 radical (unpaired) electrons. The number of anilines is 1.